The standard InChI is InChI=1S/C20H17NO4/c1-11-18-13(9-16(22)20(11)25-3)6-7-21-10-14-12(8-15(18)21)4-5-17(24-2)19(14)23/h4-10H,1-3H3,(H,22,23)/p+1. The summed E-state index contributed by atoms with van der Waals surface area (Å²) in [5, 5.41) is 24.1. The fourth-order valence-electron chi connectivity index (χ4n) is 3.48. The molecule has 0 aliphatic rings. The summed E-state index contributed by atoms with van der Waals surface area (Å²) in [6.07, 6.45) is 3.78. The molecule has 0 fully saturated rings. The molecule has 2 heterocycles. The van der Waals surface area contributed by atoms with Crippen molar-refractivity contribution >= 4 is 27.1 Å². The van der Waals surface area contributed by atoms with Crippen LogP contribution in [0.5, 0.6) is 23.0 Å². The zero-order chi connectivity index (χ0) is 17.7. The Kier molecular flexibility index (Phi) is 3.32. The number of aromatic nitrogens is 1. The van der Waals surface area contributed by atoms with E-state index in [1.165, 1.54) is 7.11 Å². The Balaban J connectivity index is 2.17. The molecule has 0 bridgehead atoms. The van der Waals surface area contributed by atoms with E-state index < -0.39 is 0 Å². The molecular formula is C20H18NO4+. The highest BCUT2D eigenvalue weighted by molar-refractivity contribution is 6.02. The second kappa shape index (κ2) is 5.41. The normalized spacial score (nSPS) is 11.3. The SMILES string of the molecule is COc1ccc2cc3c4c(C)c(OC)c(O)cc4cc[n+]3cc2c1O. The van der Waals surface area contributed by atoms with Gasteiger partial charge < -0.3 is 19.7 Å². The number of rotatable bonds is 2. The first-order chi connectivity index (χ1) is 12.0. The highest BCUT2D eigenvalue weighted by Crippen LogP contribution is 2.38. The fraction of sp³-hybridized carbons (Fsp3) is 0.150. The van der Waals surface area contributed by atoms with Crippen LogP contribution in [-0.2, 0) is 0 Å². The molecule has 0 spiro atoms. The van der Waals surface area contributed by atoms with Crippen molar-refractivity contribution in [3.05, 3.63) is 48.3 Å². The molecule has 0 saturated carbocycles. The first-order valence-corrected chi connectivity index (χ1v) is 7.89. The van der Waals surface area contributed by atoms with Gasteiger partial charge in [-0.2, -0.15) is 4.40 Å². The number of methoxy groups -OCH3 is 2. The van der Waals surface area contributed by atoms with Crippen molar-refractivity contribution in [3.8, 4) is 23.0 Å². The van der Waals surface area contributed by atoms with Gasteiger partial charge in [-0.1, -0.05) is 0 Å². The van der Waals surface area contributed by atoms with Gasteiger partial charge in [0.25, 0.3) is 0 Å². The second-order valence-corrected chi connectivity index (χ2v) is 6.02. The Morgan fingerprint density at radius 3 is 2.48 bits per heavy atom. The van der Waals surface area contributed by atoms with Crippen LogP contribution in [0, 0.1) is 6.92 Å². The van der Waals surface area contributed by atoms with Gasteiger partial charge in [0.2, 0.25) is 5.52 Å². The van der Waals surface area contributed by atoms with Crippen molar-refractivity contribution in [2.75, 3.05) is 14.2 Å². The van der Waals surface area contributed by atoms with Crippen molar-refractivity contribution in [1.82, 2.24) is 0 Å². The Morgan fingerprint density at radius 1 is 0.960 bits per heavy atom. The Labute approximate surface area is 144 Å². The molecule has 126 valence electrons. The zero-order valence-corrected chi connectivity index (χ0v) is 14.2. The number of phenols is 2. The van der Waals surface area contributed by atoms with Crippen LogP contribution in [0.1, 0.15) is 5.56 Å². The summed E-state index contributed by atoms with van der Waals surface area (Å²) < 4.78 is 12.5. The minimum absolute atomic E-state index is 0.120. The third-order valence-electron chi connectivity index (χ3n) is 4.68. The van der Waals surface area contributed by atoms with E-state index in [4.69, 9.17) is 9.47 Å². The van der Waals surface area contributed by atoms with E-state index in [-0.39, 0.29) is 11.5 Å². The summed E-state index contributed by atoms with van der Waals surface area (Å²) in [5.41, 5.74) is 1.83. The van der Waals surface area contributed by atoms with E-state index in [1.807, 2.05) is 41.9 Å². The summed E-state index contributed by atoms with van der Waals surface area (Å²) in [5.74, 6) is 1.16. The lowest BCUT2D eigenvalue weighted by Crippen LogP contribution is -2.21. The number of aromatic hydroxyl groups is 2. The molecule has 2 aromatic carbocycles. The summed E-state index contributed by atoms with van der Waals surface area (Å²) in [6, 6.07) is 9.31. The van der Waals surface area contributed by atoms with Crippen molar-refractivity contribution in [1.29, 1.82) is 0 Å². The van der Waals surface area contributed by atoms with Crippen molar-refractivity contribution in [2.45, 2.75) is 6.92 Å². The average molecular weight is 336 g/mol. The van der Waals surface area contributed by atoms with Crippen molar-refractivity contribution in [3.63, 3.8) is 0 Å². The first-order valence-electron chi connectivity index (χ1n) is 7.89. The quantitative estimate of drug-likeness (QED) is 0.334. The zero-order valence-electron chi connectivity index (χ0n) is 14.2. The predicted octanol–water partition coefficient (Wildman–Crippen LogP) is 3.47. The third kappa shape index (κ3) is 2.12. The van der Waals surface area contributed by atoms with Gasteiger partial charge in [-0.15, -0.1) is 0 Å². The molecule has 0 amide bonds. The number of nitrogens with zero attached hydrogens (tertiary/aromatic N) is 1. The van der Waals surface area contributed by atoms with Gasteiger partial charge in [0.15, 0.2) is 35.4 Å². The molecule has 2 aromatic heterocycles. The van der Waals surface area contributed by atoms with Crippen LogP contribution < -0.4 is 13.9 Å². The van der Waals surface area contributed by atoms with Gasteiger partial charge in [0.1, 0.15) is 0 Å². The number of benzene rings is 2. The van der Waals surface area contributed by atoms with Crippen molar-refractivity contribution < 1.29 is 24.1 Å². The first kappa shape index (κ1) is 15.3. The monoisotopic (exact) mass is 336 g/mol. The molecule has 0 saturated heterocycles. The summed E-state index contributed by atoms with van der Waals surface area (Å²) in [6.45, 7) is 1.93. The third-order valence-corrected chi connectivity index (χ3v) is 4.68. The smallest absolute Gasteiger partial charge is 0.219 e. The Bertz CT molecular complexity index is 1150. The highest BCUT2D eigenvalue weighted by Gasteiger charge is 2.19. The van der Waals surface area contributed by atoms with Crippen molar-refractivity contribution in [2.24, 2.45) is 0 Å². The predicted molar refractivity (Wildman–Crippen MR) is 95.8 cm³/mol. The van der Waals surface area contributed by atoms with E-state index in [1.54, 1.807) is 19.2 Å². The summed E-state index contributed by atoms with van der Waals surface area (Å²) in [4.78, 5) is 0. The van der Waals surface area contributed by atoms with Gasteiger partial charge in [0.05, 0.1) is 25.0 Å². The number of aryl methyl sites for hydroxylation is 1. The fourth-order valence-corrected chi connectivity index (χ4v) is 3.48. The van der Waals surface area contributed by atoms with Crippen LogP contribution in [0.15, 0.2) is 42.7 Å². The lowest BCUT2D eigenvalue weighted by molar-refractivity contribution is -0.509. The summed E-state index contributed by atoms with van der Waals surface area (Å²) in [7, 11) is 3.08. The van der Waals surface area contributed by atoms with E-state index >= 15 is 0 Å². The molecule has 4 rings (SSSR count). The number of ether oxygens (including phenoxy) is 2. The van der Waals surface area contributed by atoms with E-state index in [2.05, 4.69) is 0 Å². The molecule has 2 N–H and O–H groups in total. The van der Waals surface area contributed by atoms with Gasteiger partial charge in [-0.05, 0) is 35.9 Å². The van der Waals surface area contributed by atoms with Crippen LogP contribution in [0.3, 0.4) is 0 Å². The van der Waals surface area contributed by atoms with Crippen LogP contribution in [0.4, 0.5) is 0 Å². The number of pyridine rings is 2. The lowest BCUT2D eigenvalue weighted by atomic mass is 10.0. The maximum atomic E-state index is 10.4. The van der Waals surface area contributed by atoms with Crippen LogP contribution in [0.25, 0.3) is 27.1 Å². The molecule has 5 heteroatoms. The van der Waals surface area contributed by atoms with E-state index in [0.717, 1.165) is 27.2 Å². The van der Waals surface area contributed by atoms with Gasteiger partial charge >= 0.3 is 0 Å². The van der Waals surface area contributed by atoms with E-state index in [0.29, 0.717) is 16.9 Å². The summed E-state index contributed by atoms with van der Waals surface area (Å²) >= 11 is 0. The minimum Gasteiger partial charge on any atom is -0.504 e. The molecule has 0 radical (unpaired) electrons. The van der Waals surface area contributed by atoms with Gasteiger partial charge in [0, 0.05) is 17.7 Å². The molecular weight excluding hydrogens is 318 g/mol. The number of hydrogen-bond acceptors (Lipinski definition) is 4. The maximum absolute atomic E-state index is 10.4. The molecule has 0 aliphatic carbocycles. The molecule has 25 heavy (non-hydrogen) atoms. The number of hydrogen-bond donors (Lipinski definition) is 2. The average Bonchev–Trinajstić information content (AvgIpc) is 2.60. The minimum atomic E-state index is 0.120. The highest BCUT2D eigenvalue weighted by atomic mass is 16.5. The molecule has 0 aliphatic heterocycles. The second-order valence-electron chi connectivity index (χ2n) is 6.02. The Morgan fingerprint density at radius 2 is 1.76 bits per heavy atom. The topological polar surface area (TPSA) is 63.0 Å². The molecule has 0 unspecified atom stereocenters. The van der Waals surface area contributed by atoms with Gasteiger partial charge in [-0.25, -0.2) is 0 Å². The lowest BCUT2D eigenvalue weighted by Gasteiger charge is -2.11. The largest absolute Gasteiger partial charge is 0.504 e. The van der Waals surface area contributed by atoms with Gasteiger partial charge in [-0.3, -0.25) is 0 Å². The molecule has 4 aromatic rings. The molecule has 0 atom stereocenters. The maximum Gasteiger partial charge on any atom is 0.219 e. The number of phenolic OH excluding ortho intramolecular Hbond substituents is 2. The van der Waals surface area contributed by atoms with Crippen LogP contribution in [0.2, 0.25) is 0 Å². The number of fused-ring (bicyclic) bond motifs is 4. The van der Waals surface area contributed by atoms with Crippen LogP contribution >= 0.6 is 0 Å². The van der Waals surface area contributed by atoms with Crippen LogP contribution in [-0.4, -0.2) is 24.4 Å². The molecule has 5 nitrogen and oxygen atoms in total. The van der Waals surface area contributed by atoms with E-state index in [9.17, 15) is 10.2 Å². The Hall–Kier alpha value is -3.21.